The molecule has 0 unspecified atom stereocenters. The molecule has 1 aromatic rings. The summed E-state index contributed by atoms with van der Waals surface area (Å²) >= 11 is 5.56. The number of carbonyl (C=O) groups is 1. The number of cyclic esters (lactones) is 1. The Balaban J connectivity index is 2.28. The molecule has 17 heavy (non-hydrogen) atoms. The number of alkyl carbamates (subject to hydrolysis) is 1. The van der Waals surface area contributed by atoms with Crippen molar-refractivity contribution in [2.75, 3.05) is 6.61 Å². The Morgan fingerprint density at radius 1 is 1.41 bits per heavy atom. The second-order valence-corrected chi connectivity index (χ2v) is 3.94. The third kappa shape index (κ3) is 2.46. The van der Waals surface area contributed by atoms with Gasteiger partial charge < -0.3 is 10.1 Å². The molecule has 1 saturated heterocycles. The molecule has 0 bridgehead atoms. The summed E-state index contributed by atoms with van der Waals surface area (Å²) in [6.45, 7) is 0.0839. The third-order valence-electron chi connectivity index (χ3n) is 2.37. The fraction of sp³-hybridized carbons (Fsp3) is 0.300. The lowest BCUT2D eigenvalue weighted by atomic mass is 10.1. The van der Waals surface area contributed by atoms with Gasteiger partial charge >= 0.3 is 12.3 Å². The normalized spacial score (nSPS) is 20.0. The number of rotatable bonds is 1. The summed E-state index contributed by atoms with van der Waals surface area (Å²) in [5.41, 5.74) is -0.415. The zero-order valence-corrected chi connectivity index (χ0v) is 9.10. The Hall–Kier alpha value is -1.43. The minimum Gasteiger partial charge on any atom is -0.447 e. The minimum absolute atomic E-state index is 0.0839. The summed E-state index contributed by atoms with van der Waals surface area (Å²) in [5.74, 6) is 0. The van der Waals surface area contributed by atoms with Gasteiger partial charge in [0.05, 0.1) is 16.6 Å². The molecule has 92 valence electrons. The zero-order valence-electron chi connectivity index (χ0n) is 8.34. The quantitative estimate of drug-likeness (QED) is 0.847. The van der Waals surface area contributed by atoms with E-state index in [0.29, 0.717) is 5.56 Å². The van der Waals surface area contributed by atoms with E-state index in [1.807, 2.05) is 0 Å². The largest absolute Gasteiger partial charge is 0.447 e. The number of hydrogen-bond acceptors (Lipinski definition) is 2. The molecule has 1 amide bonds. The van der Waals surface area contributed by atoms with Gasteiger partial charge in [0, 0.05) is 0 Å². The van der Waals surface area contributed by atoms with Gasteiger partial charge in [-0.2, -0.15) is 13.2 Å². The highest BCUT2D eigenvalue weighted by atomic mass is 35.5. The molecule has 1 aromatic carbocycles. The van der Waals surface area contributed by atoms with Gasteiger partial charge in [0.25, 0.3) is 0 Å². The van der Waals surface area contributed by atoms with Crippen molar-refractivity contribution in [1.29, 1.82) is 0 Å². The number of amides is 1. The molecule has 1 fully saturated rings. The van der Waals surface area contributed by atoms with Gasteiger partial charge in [-0.25, -0.2) is 4.79 Å². The Kier molecular flexibility index (Phi) is 2.91. The predicted octanol–water partition coefficient (Wildman–Crippen LogP) is 3.14. The molecule has 0 aromatic heterocycles. The lowest BCUT2D eigenvalue weighted by Crippen LogP contribution is -2.18. The molecule has 1 aliphatic rings. The van der Waals surface area contributed by atoms with E-state index in [9.17, 15) is 18.0 Å². The van der Waals surface area contributed by atoms with Crippen molar-refractivity contribution in [3.05, 3.63) is 34.3 Å². The third-order valence-corrected chi connectivity index (χ3v) is 2.69. The second kappa shape index (κ2) is 4.10. The summed E-state index contributed by atoms with van der Waals surface area (Å²) in [5, 5.41) is 2.06. The predicted molar refractivity (Wildman–Crippen MR) is 53.7 cm³/mol. The zero-order chi connectivity index (χ0) is 12.6. The second-order valence-electron chi connectivity index (χ2n) is 3.53. The Bertz CT molecular complexity index is 461. The van der Waals surface area contributed by atoms with Crippen LogP contribution in [-0.2, 0) is 10.9 Å². The maximum Gasteiger partial charge on any atom is 0.417 e. The SMILES string of the molecule is O=C1N[C@@H](c2ccc(C(F)(F)F)c(Cl)c2)CO1. The van der Waals surface area contributed by atoms with Gasteiger partial charge in [0.1, 0.15) is 6.61 Å². The molecule has 0 radical (unpaired) electrons. The molecule has 1 heterocycles. The van der Waals surface area contributed by atoms with Crippen molar-refractivity contribution in [3.63, 3.8) is 0 Å². The van der Waals surface area contributed by atoms with Crippen LogP contribution in [0.15, 0.2) is 18.2 Å². The molecule has 3 nitrogen and oxygen atoms in total. The number of nitrogens with one attached hydrogen (secondary N) is 1. The molecule has 1 aliphatic heterocycles. The Morgan fingerprint density at radius 2 is 2.12 bits per heavy atom. The van der Waals surface area contributed by atoms with Gasteiger partial charge in [-0.1, -0.05) is 17.7 Å². The number of alkyl halides is 3. The summed E-state index contributed by atoms with van der Waals surface area (Å²) in [6, 6.07) is 2.89. The number of carbonyl (C=O) groups excluding carboxylic acids is 1. The molecule has 0 aliphatic carbocycles. The van der Waals surface area contributed by atoms with E-state index in [0.717, 1.165) is 6.07 Å². The van der Waals surface area contributed by atoms with E-state index in [1.54, 1.807) is 0 Å². The van der Waals surface area contributed by atoms with Crippen LogP contribution in [0.2, 0.25) is 5.02 Å². The van der Waals surface area contributed by atoms with Gasteiger partial charge in [-0.3, -0.25) is 0 Å². The lowest BCUT2D eigenvalue weighted by molar-refractivity contribution is -0.137. The molecule has 2 rings (SSSR count). The van der Waals surface area contributed by atoms with Crippen LogP contribution in [0.3, 0.4) is 0 Å². The molecule has 1 N–H and O–H groups in total. The van der Waals surface area contributed by atoms with Gasteiger partial charge in [0.2, 0.25) is 0 Å². The van der Waals surface area contributed by atoms with Gasteiger partial charge in [0.15, 0.2) is 0 Å². The molecule has 1 atom stereocenters. The van der Waals surface area contributed by atoms with E-state index in [1.165, 1.54) is 12.1 Å². The number of ether oxygens (including phenoxy) is 1. The first-order valence-corrected chi connectivity index (χ1v) is 5.05. The molecular formula is C10H7ClF3NO2. The standard InChI is InChI=1S/C10H7ClF3NO2/c11-7-3-5(8-4-17-9(16)15-8)1-2-6(7)10(12,13)14/h1-3,8H,4H2,(H,15,16)/t8-/m1/s1. The molecular weight excluding hydrogens is 259 g/mol. The molecule has 0 saturated carbocycles. The van der Waals surface area contributed by atoms with Gasteiger partial charge in [-0.05, 0) is 17.7 Å². The number of benzene rings is 1. The maximum atomic E-state index is 12.4. The molecule has 7 heteroatoms. The first kappa shape index (κ1) is 12.0. The molecule has 0 spiro atoms. The van der Waals surface area contributed by atoms with Crippen LogP contribution in [0, 0.1) is 0 Å². The number of hydrogen-bond donors (Lipinski definition) is 1. The van der Waals surface area contributed by atoms with Crippen LogP contribution in [0.5, 0.6) is 0 Å². The highest BCUT2D eigenvalue weighted by Crippen LogP contribution is 2.36. The van der Waals surface area contributed by atoms with E-state index >= 15 is 0 Å². The Morgan fingerprint density at radius 3 is 2.59 bits per heavy atom. The number of halogens is 4. The van der Waals surface area contributed by atoms with Crippen molar-refractivity contribution in [2.45, 2.75) is 12.2 Å². The van der Waals surface area contributed by atoms with Crippen LogP contribution >= 0.6 is 11.6 Å². The van der Waals surface area contributed by atoms with Crippen LogP contribution in [0.4, 0.5) is 18.0 Å². The fourth-order valence-corrected chi connectivity index (χ4v) is 1.84. The highest BCUT2D eigenvalue weighted by Gasteiger charge is 2.34. The van der Waals surface area contributed by atoms with Crippen molar-refractivity contribution in [1.82, 2.24) is 5.32 Å². The van der Waals surface area contributed by atoms with E-state index in [4.69, 9.17) is 11.6 Å². The maximum absolute atomic E-state index is 12.4. The van der Waals surface area contributed by atoms with Crippen LogP contribution in [0.25, 0.3) is 0 Å². The van der Waals surface area contributed by atoms with Crippen molar-refractivity contribution in [2.24, 2.45) is 0 Å². The summed E-state index contributed by atoms with van der Waals surface area (Å²) in [7, 11) is 0. The van der Waals surface area contributed by atoms with Crippen LogP contribution in [-0.4, -0.2) is 12.7 Å². The van der Waals surface area contributed by atoms with Crippen LogP contribution < -0.4 is 5.32 Å². The van der Waals surface area contributed by atoms with E-state index in [-0.39, 0.29) is 6.61 Å². The van der Waals surface area contributed by atoms with Gasteiger partial charge in [-0.15, -0.1) is 0 Å². The van der Waals surface area contributed by atoms with Crippen molar-refractivity contribution >= 4 is 17.7 Å². The summed E-state index contributed by atoms with van der Waals surface area (Å²) < 4.78 is 42.0. The lowest BCUT2D eigenvalue weighted by Gasteiger charge is -2.12. The van der Waals surface area contributed by atoms with Crippen LogP contribution in [0.1, 0.15) is 17.2 Å². The average Bonchev–Trinajstić information content (AvgIpc) is 2.62. The fourth-order valence-electron chi connectivity index (χ4n) is 1.54. The van der Waals surface area contributed by atoms with Crippen molar-refractivity contribution in [3.8, 4) is 0 Å². The highest BCUT2D eigenvalue weighted by molar-refractivity contribution is 6.31. The first-order chi connectivity index (χ1) is 7.88. The first-order valence-electron chi connectivity index (χ1n) is 4.68. The topological polar surface area (TPSA) is 38.3 Å². The average molecular weight is 266 g/mol. The minimum atomic E-state index is -4.48. The monoisotopic (exact) mass is 265 g/mol. The summed E-state index contributed by atoms with van der Waals surface area (Å²) in [6.07, 6.45) is -5.07. The smallest absolute Gasteiger partial charge is 0.417 e. The van der Waals surface area contributed by atoms with Crippen molar-refractivity contribution < 1.29 is 22.7 Å². The van der Waals surface area contributed by atoms with E-state index < -0.39 is 28.9 Å². The summed E-state index contributed by atoms with van der Waals surface area (Å²) in [4.78, 5) is 10.8. The van der Waals surface area contributed by atoms with E-state index in [2.05, 4.69) is 10.1 Å². The Labute approximate surface area is 99.5 Å².